The van der Waals surface area contributed by atoms with Crippen LogP contribution in [0.5, 0.6) is 0 Å². The van der Waals surface area contributed by atoms with Gasteiger partial charge in [0.1, 0.15) is 5.84 Å². The van der Waals surface area contributed by atoms with Crippen LogP contribution in [0.3, 0.4) is 0 Å². The third-order valence-electron chi connectivity index (χ3n) is 0.682. The fourth-order valence-electron chi connectivity index (χ4n) is 0.312. The molecule has 56 valence electrons. The van der Waals surface area contributed by atoms with Gasteiger partial charge in [-0.3, -0.25) is 5.41 Å². The maximum atomic E-state index is 7.09. The summed E-state index contributed by atoms with van der Waals surface area (Å²) in [5.41, 5.74) is 5.03. The minimum atomic E-state index is 0.149. The van der Waals surface area contributed by atoms with Gasteiger partial charge in [-0.1, -0.05) is 0 Å². The van der Waals surface area contributed by atoms with E-state index in [2.05, 4.69) is 4.99 Å². The Morgan fingerprint density at radius 1 is 1.60 bits per heavy atom. The van der Waals surface area contributed by atoms with Gasteiger partial charge in [-0.2, -0.15) is 0 Å². The molecular weight excluding hydrogens is 128 g/mol. The first-order valence-electron chi connectivity index (χ1n) is 2.84. The molecule has 0 amide bonds. The Labute approximate surface area is 60.6 Å². The van der Waals surface area contributed by atoms with Gasteiger partial charge >= 0.3 is 0 Å². The quantitative estimate of drug-likeness (QED) is 0.419. The van der Waals surface area contributed by atoms with Gasteiger partial charge in [-0.15, -0.1) is 0 Å². The fourth-order valence-corrected chi connectivity index (χ4v) is 0.312. The van der Waals surface area contributed by atoms with Crippen LogP contribution in [0, 0.1) is 5.41 Å². The van der Waals surface area contributed by atoms with Crippen LogP contribution in [0.1, 0.15) is 0 Å². The summed E-state index contributed by atoms with van der Waals surface area (Å²) in [6, 6.07) is 0. The molecule has 0 aliphatic rings. The zero-order chi connectivity index (χ0) is 7.98. The highest BCUT2D eigenvalue weighted by molar-refractivity contribution is 5.95. The highest BCUT2D eigenvalue weighted by Gasteiger charge is 1.81. The van der Waals surface area contributed by atoms with Gasteiger partial charge in [0.05, 0.1) is 6.34 Å². The number of hydrogen-bond acceptors (Lipinski definition) is 2. The second kappa shape index (κ2) is 4.55. The van der Waals surface area contributed by atoms with E-state index in [9.17, 15) is 0 Å². The smallest absolute Gasteiger partial charge is 0.147 e. The molecule has 0 aromatic heterocycles. The Bertz CT molecular complexity index is 157. The zero-order valence-corrected chi connectivity index (χ0v) is 6.20. The number of rotatable bonds is 2. The lowest BCUT2D eigenvalue weighted by Crippen LogP contribution is -2.08. The predicted molar refractivity (Wildman–Crippen MR) is 43.2 cm³/mol. The normalized spacial score (nSPS) is 11.0. The topological polar surface area (TPSA) is 65.5 Å². The van der Waals surface area contributed by atoms with Gasteiger partial charge in [-0.05, 0) is 12.3 Å². The average Bonchev–Trinajstić information content (AvgIpc) is 1.85. The maximum Gasteiger partial charge on any atom is 0.147 e. The van der Waals surface area contributed by atoms with Crippen LogP contribution >= 0.6 is 0 Å². The first-order valence-corrected chi connectivity index (χ1v) is 2.84. The van der Waals surface area contributed by atoms with Crippen molar-refractivity contribution in [1.29, 1.82) is 5.41 Å². The zero-order valence-electron chi connectivity index (χ0n) is 6.20. The number of amidine groups is 1. The van der Waals surface area contributed by atoms with Gasteiger partial charge < -0.3 is 10.6 Å². The molecular formula is C6H12N4. The Morgan fingerprint density at radius 2 is 2.20 bits per heavy atom. The average molecular weight is 140 g/mol. The summed E-state index contributed by atoms with van der Waals surface area (Å²) in [5, 5.41) is 7.09. The summed E-state index contributed by atoms with van der Waals surface area (Å²) >= 11 is 0. The predicted octanol–water partition coefficient (Wildman–Crippen LogP) is 0.0260. The fraction of sp³-hybridized carbons (Fsp3) is 0.333. The molecule has 0 spiro atoms. The van der Waals surface area contributed by atoms with E-state index in [0.29, 0.717) is 0 Å². The summed E-state index contributed by atoms with van der Waals surface area (Å²) in [6.45, 7) is 0. The van der Waals surface area contributed by atoms with E-state index in [-0.39, 0.29) is 5.84 Å². The van der Waals surface area contributed by atoms with E-state index in [1.807, 2.05) is 14.1 Å². The Hall–Kier alpha value is -1.32. The molecule has 0 aliphatic carbocycles. The number of nitrogens with one attached hydrogen (secondary N) is 1. The van der Waals surface area contributed by atoms with Crippen molar-refractivity contribution in [2.45, 2.75) is 0 Å². The molecule has 4 heteroatoms. The second-order valence-corrected chi connectivity index (χ2v) is 1.95. The largest absolute Gasteiger partial charge is 0.404 e. The minimum Gasteiger partial charge on any atom is -0.404 e. The van der Waals surface area contributed by atoms with Crippen LogP contribution in [0.2, 0.25) is 0 Å². The molecule has 0 heterocycles. The van der Waals surface area contributed by atoms with Gasteiger partial charge in [0, 0.05) is 14.1 Å². The Kier molecular flexibility index (Phi) is 3.95. The molecule has 0 atom stereocenters. The van der Waals surface area contributed by atoms with Crippen molar-refractivity contribution in [3.63, 3.8) is 0 Å². The van der Waals surface area contributed by atoms with E-state index >= 15 is 0 Å². The van der Waals surface area contributed by atoms with E-state index in [1.165, 1.54) is 12.3 Å². The number of nitrogens with zero attached hydrogens (tertiary/aromatic N) is 2. The summed E-state index contributed by atoms with van der Waals surface area (Å²) in [7, 11) is 3.67. The first-order chi connectivity index (χ1) is 4.66. The lowest BCUT2D eigenvalue weighted by molar-refractivity contribution is 0.644. The molecule has 0 saturated heterocycles. The maximum absolute atomic E-state index is 7.09. The summed E-state index contributed by atoms with van der Waals surface area (Å²) in [4.78, 5) is 5.48. The van der Waals surface area contributed by atoms with Crippen molar-refractivity contribution >= 4 is 12.2 Å². The van der Waals surface area contributed by atoms with Crippen LogP contribution in [0.4, 0.5) is 0 Å². The summed E-state index contributed by atoms with van der Waals surface area (Å²) in [5.74, 6) is 0.149. The number of hydrogen-bond donors (Lipinski definition) is 2. The minimum absolute atomic E-state index is 0.149. The monoisotopic (exact) mass is 140 g/mol. The Balaban J connectivity index is 3.78. The van der Waals surface area contributed by atoms with Crippen LogP contribution < -0.4 is 5.73 Å². The van der Waals surface area contributed by atoms with Crippen molar-refractivity contribution in [3.8, 4) is 0 Å². The van der Waals surface area contributed by atoms with Gasteiger partial charge in [0.25, 0.3) is 0 Å². The van der Waals surface area contributed by atoms with Crippen molar-refractivity contribution in [2.24, 2.45) is 10.7 Å². The third-order valence-corrected chi connectivity index (χ3v) is 0.682. The van der Waals surface area contributed by atoms with Crippen LogP contribution in [0.15, 0.2) is 17.3 Å². The molecule has 0 radical (unpaired) electrons. The van der Waals surface area contributed by atoms with Crippen LogP contribution in [-0.2, 0) is 0 Å². The molecule has 0 aliphatic heterocycles. The van der Waals surface area contributed by atoms with Crippen molar-refractivity contribution < 1.29 is 0 Å². The molecule has 0 bridgehead atoms. The van der Waals surface area contributed by atoms with Crippen molar-refractivity contribution in [1.82, 2.24) is 4.90 Å². The molecule has 4 nitrogen and oxygen atoms in total. The van der Waals surface area contributed by atoms with Gasteiger partial charge in [0.2, 0.25) is 0 Å². The molecule has 0 saturated carbocycles. The lowest BCUT2D eigenvalue weighted by atomic mass is 10.6. The van der Waals surface area contributed by atoms with Crippen LogP contribution in [-0.4, -0.2) is 31.2 Å². The van der Waals surface area contributed by atoms with Crippen molar-refractivity contribution in [3.05, 3.63) is 12.3 Å². The summed E-state index contributed by atoms with van der Waals surface area (Å²) in [6.07, 6.45) is 4.25. The molecule has 3 N–H and O–H groups in total. The van der Waals surface area contributed by atoms with Crippen molar-refractivity contribution in [2.75, 3.05) is 14.1 Å². The molecule has 10 heavy (non-hydrogen) atoms. The SMILES string of the molecule is CN(C)/C=N\C(=N)/C=C\N. The van der Waals surface area contributed by atoms with Gasteiger partial charge in [-0.25, -0.2) is 4.99 Å². The van der Waals surface area contributed by atoms with E-state index < -0.39 is 0 Å². The molecule has 0 unspecified atom stereocenters. The van der Waals surface area contributed by atoms with Crippen LogP contribution in [0.25, 0.3) is 0 Å². The molecule has 0 fully saturated rings. The third kappa shape index (κ3) is 4.83. The molecule has 0 aromatic carbocycles. The highest BCUT2D eigenvalue weighted by Crippen LogP contribution is 1.76. The lowest BCUT2D eigenvalue weighted by Gasteiger charge is -2.00. The molecule has 0 rings (SSSR count). The highest BCUT2D eigenvalue weighted by atomic mass is 15.1. The second-order valence-electron chi connectivity index (χ2n) is 1.95. The molecule has 0 aromatic rings. The van der Waals surface area contributed by atoms with E-state index in [4.69, 9.17) is 11.1 Å². The van der Waals surface area contributed by atoms with E-state index in [1.54, 1.807) is 11.2 Å². The standard InChI is InChI=1S/C6H12N4/c1-10(2)5-9-6(8)3-4-7/h3-5,8H,7H2,1-2H3/b4-3-,8-6?,9-5-. The van der Waals surface area contributed by atoms with E-state index in [0.717, 1.165) is 0 Å². The number of nitrogens with two attached hydrogens (primary N) is 1. The Morgan fingerprint density at radius 3 is 2.60 bits per heavy atom. The number of aliphatic imine (C=N–C) groups is 1. The van der Waals surface area contributed by atoms with Gasteiger partial charge in [0.15, 0.2) is 0 Å². The summed E-state index contributed by atoms with van der Waals surface area (Å²) < 4.78 is 0. The first kappa shape index (κ1) is 8.68.